The van der Waals surface area contributed by atoms with E-state index >= 15 is 0 Å². The van der Waals surface area contributed by atoms with Crippen molar-refractivity contribution >= 4 is 40.5 Å². The van der Waals surface area contributed by atoms with E-state index in [1.807, 2.05) is 13.0 Å². The first-order valence-corrected chi connectivity index (χ1v) is 11.2. The van der Waals surface area contributed by atoms with E-state index in [1.54, 1.807) is 48.4 Å². The fraction of sp³-hybridized carbons (Fsp3) is 0.280. The number of aryl methyl sites for hydroxylation is 1. The molecule has 10 nitrogen and oxygen atoms in total. The number of benzene rings is 2. The molecule has 10 heteroatoms. The molecule has 0 fully saturated rings. The van der Waals surface area contributed by atoms with E-state index in [2.05, 4.69) is 10.6 Å². The number of nitrogens with two attached hydrogens (primary N) is 2. The summed E-state index contributed by atoms with van der Waals surface area (Å²) in [7, 11) is 1.55. The molecule has 0 unspecified atom stereocenters. The molecule has 2 aromatic rings. The molecule has 0 spiro atoms. The van der Waals surface area contributed by atoms with Gasteiger partial charge >= 0.3 is 0 Å². The summed E-state index contributed by atoms with van der Waals surface area (Å²) in [6.45, 7) is 2.55. The van der Waals surface area contributed by atoms with Crippen molar-refractivity contribution in [1.82, 2.24) is 0 Å². The van der Waals surface area contributed by atoms with Crippen LogP contribution < -0.4 is 31.7 Å². The lowest BCUT2D eigenvalue weighted by Gasteiger charge is -2.31. The van der Waals surface area contributed by atoms with Gasteiger partial charge in [0.05, 0.1) is 7.11 Å². The Labute approximate surface area is 203 Å². The maximum absolute atomic E-state index is 13.5. The van der Waals surface area contributed by atoms with Crippen LogP contribution in [0.15, 0.2) is 53.7 Å². The predicted molar refractivity (Wildman–Crippen MR) is 136 cm³/mol. The molecule has 1 heterocycles. The van der Waals surface area contributed by atoms with Crippen LogP contribution in [-0.4, -0.2) is 43.6 Å². The third-order valence-corrected chi connectivity index (χ3v) is 5.66. The lowest BCUT2D eigenvalue weighted by molar-refractivity contribution is -0.116. The normalized spacial score (nSPS) is 13.5. The van der Waals surface area contributed by atoms with Crippen molar-refractivity contribution in [2.75, 3.05) is 35.7 Å². The molecule has 1 aliphatic heterocycles. The van der Waals surface area contributed by atoms with Gasteiger partial charge < -0.3 is 31.7 Å². The fourth-order valence-corrected chi connectivity index (χ4v) is 3.74. The number of nitrogens with zero attached hydrogens (tertiary/aromatic N) is 1. The Morgan fingerprint density at radius 1 is 1.17 bits per heavy atom. The second-order valence-electron chi connectivity index (χ2n) is 8.09. The molecule has 0 bridgehead atoms. The second-order valence-corrected chi connectivity index (χ2v) is 8.09. The summed E-state index contributed by atoms with van der Waals surface area (Å²) in [4.78, 5) is 38.9. The summed E-state index contributed by atoms with van der Waals surface area (Å²) in [5, 5.41) is 14.0. The van der Waals surface area contributed by atoms with Crippen LogP contribution in [0.3, 0.4) is 0 Å². The minimum Gasteiger partial charge on any atom is -0.497 e. The second kappa shape index (κ2) is 11.3. The Morgan fingerprint density at radius 3 is 2.49 bits per heavy atom. The van der Waals surface area contributed by atoms with E-state index in [0.717, 1.165) is 5.56 Å². The minimum atomic E-state index is -0.902. The Balaban J connectivity index is 1.89. The molecule has 184 valence electrons. The van der Waals surface area contributed by atoms with Gasteiger partial charge in [-0.05, 0) is 74.3 Å². The van der Waals surface area contributed by atoms with Gasteiger partial charge in [0.1, 0.15) is 17.2 Å². The summed E-state index contributed by atoms with van der Waals surface area (Å²) in [5.74, 6) is -0.770. The highest BCUT2D eigenvalue weighted by Gasteiger charge is 2.31. The molecule has 2 aromatic carbocycles. The molecule has 7 N–H and O–H groups in total. The summed E-state index contributed by atoms with van der Waals surface area (Å²) >= 11 is 0. The molecule has 3 rings (SSSR count). The van der Waals surface area contributed by atoms with Crippen LogP contribution in [0.5, 0.6) is 5.75 Å². The maximum Gasteiger partial charge on any atom is 0.275 e. The Hall–Kier alpha value is -4.18. The molecule has 3 amide bonds. The first-order valence-electron chi connectivity index (χ1n) is 11.2. The zero-order valence-corrected chi connectivity index (χ0v) is 19.8. The number of amides is 3. The molecule has 35 heavy (non-hydrogen) atoms. The molecule has 0 aromatic heterocycles. The number of nitrogens with one attached hydrogen (secondary N) is 3. The number of primary amides is 1. The highest BCUT2D eigenvalue weighted by atomic mass is 16.5. The lowest BCUT2D eigenvalue weighted by atomic mass is 9.98. The highest BCUT2D eigenvalue weighted by molar-refractivity contribution is 6.44. The van der Waals surface area contributed by atoms with Gasteiger partial charge in [0.15, 0.2) is 0 Å². The van der Waals surface area contributed by atoms with Gasteiger partial charge in [-0.25, -0.2) is 0 Å². The zero-order chi connectivity index (χ0) is 25.5. The molecule has 0 saturated heterocycles. The van der Waals surface area contributed by atoms with Gasteiger partial charge in [-0.1, -0.05) is 0 Å². The molecule has 0 aliphatic carbocycles. The van der Waals surface area contributed by atoms with Gasteiger partial charge in [0, 0.05) is 35.6 Å². The number of carbonyl (C=O) groups excluding carboxylic acids is 3. The van der Waals surface area contributed by atoms with Crippen molar-refractivity contribution in [2.24, 2.45) is 11.5 Å². The van der Waals surface area contributed by atoms with Crippen molar-refractivity contribution in [1.29, 1.82) is 5.41 Å². The maximum atomic E-state index is 13.5. The average Bonchev–Trinajstić information content (AvgIpc) is 2.85. The fourth-order valence-electron chi connectivity index (χ4n) is 3.74. The van der Waals surface area contributed by atoms with Crippen LogP contribution in [0.25, 0.3) is 0 Å². The van der Waals surface area contributed by atoms with Crippen molar-refractivity contribution in [3.63, 3.8) is 0 Å². The predicted octanol–water partition coefficient (Wildman–Crippen LogP) is 2.29. The molecular formula is C25H30N6O4. The quantitative estimate of drug-likeness (QED) is 0.329. The number of methoxy groups -OCH3 is 1. The number of hydrogen-bond acceptors (Lipinski definition) is 7. The lowest BCUT2D eigenvalue weighted by Crippen LogP contribution is -2.42. The molecule has 0 saturated carbocycles. The third-order valence-electron chi connectivity index (χ3n) is 5.66. The Morgan fingerprint density at radius 2 is 1.89 bits per heavy atom. The van der Waals surface area contributed by atoms with Gasteiger partial charge in [-0.3, -0.25) is 19.8 Å². The SMILES string of the molecule is COc1ccc(NC2=C(C(=N)C(N)=O)CCN(c3ccc(NC(=O)CCCN)c(C)c3)C2=O)cc1. The summed E-state index contributed by atoms with van der Waals surface area (Å²) in [6.07, 6.45) is 1.20. The number of ether oxygens (including phenoxy) is 1. The van der Waals surface area contributed by atoms with Crippen molar-refractivity contribution in [3.05, 3.63) is 59.3 Å². The van der Waals surface area contributed by atoms with Crippen LogP contribution in [-0.2, 0) is 14.4 Å². The highest BCUT2D eigenvalue weighted by Crippen LogP contribution is 2.30. The third kappa shape index (κ3) is 6.04. The molecule has 0 atom stereocenters. The van der Waals surface area contributed by atoms with Crippen LogP contribution in [0, 0.1) is 12.3 Å². The number of anilines is 3. The number of hydrogen-bond donors (Lipinski definition) is 5. The van der Waals surface area contributed by atoms with Crippen LogP contribution in [0.2, 0.25) is 0 Å². The average molecular weight is 479 g/mol. The van der Waals surface area contributed by atoms with Gasteiger partial charge in [0.2, 0.25) is 5.91 Å². The molecule has 1 aliphatic rings. The topological polar surface area (TPSA) is 164 Å². The van der Waals surface area contributed by atoms with Crippen LogP contribution >= 0.6 is 0 Å². The zero-order valence-electron chi connectivity index (χ0n) is 19.8. The van der Waals surface area contributed by atoms with Crippen LogP contribution in [0.1, 0.15) is 24.8 Å². The summed E-state index contributed by atoms with van der Waals surface area (Å²) < 4.78 is 5.17. The molecular weight excluding hydrogens is 448 g/mol. The summed E-state index contributed by atoms with van der Waals surface area (Å²) in [6, 6.07) is 12.2. The first-order chi connectivity index (χ1) is 16.7. The molecule has 0 radical (unpaired) electrons. The van der Waals surface area contributed by atoms with Gasteiger partial charge in [-0.2, -0.15) is 0 Å². The van der Waals surface area contributed by atoms with E-state index in [4.69, 9.17) is 21.6 Å². The van der Waals surface area contributed by atoms with E-state index in [0.29, 0.717) is 42.2 Å². The Bertz CT molecular complexity index is 1170. The van der Waals surface area contributed by atoms with E-state index < -0.39 is 17.5 Å². The van der Waals surface area contributed by atoms with Crippen molar-refractivity contribution in [2.45, 2.75) is 26.2 Å². The van der Waals surface area contributed by atoms with Crippen molar-refractivity contribution < 1.29 is 19.1 Å². The van der Waals surface area contributed by atoms with E-state index in [9.17, 15) is 14.4 Å². The summed E-state index contributed by atoms with van der Waals surface area (Å²) in [5.41, 5.74) is 13.5. The van der Waals surface area contributed by atoms with E-state index in [1.165, 1.54) is 0 Å². The largest absolute Gasteiger partial charge is 0.497 e. The Kier molecular flexibility index (Phi) is 8.21. The van der Waals surface area contributed by atoms with Crippen LogP contribution in [0.4, 0.5) is 17.1 Å². The monoisotopic (exact) mass is 478 g/mol. The standard InChI is InChI=1S/C25H30N6O4/c1-15-14-17(7-10-20(15)30-21(32)4-3-12-26)31-13-11-19(22(27)24(28)33)23(25(31)34)29-16-5-8-18(35-2)9-6-16/h5-10,14,27,29H,3-4,11-13,26H2,1-2H3,(H2,28,33)(H,30,32). The smallest absolute Gasteiger partial charge is 0.275 e. The first kappa shape index (κ1) is 25.4. The van der Waals surface area contributed by atoms with E-state index in [-0.39, 0.29) is 30.1 Å². The van der Waals surface area contributed by atoms with Crippen molar-refractivity contribution in [3.8, 4) is 5.75 Å². The number of carbonyl (C=O) groups is 3. The van der Waals surface area contributed by atoms with Gasteiger partial charge in [0.25, 0.3) is 11.8 Å². The minimum absolute atomic E-state index is 0.113. The number of rotatable bonds is 10. The van der Waals surface area contributed by atoms with Gasteiger partial charge in [-0.15, -0.1) is 0 Å².